The molecular formula is C20H26N4O5S. The molecule has 162 valence electrons. The summed E-state index contributed by atoms with van der Waals surface area (Å²) in [6.07, 6.45) is 5.43. The molecule has 30 heavy (non-hydrogen) atoms. The van der Waals surface area contributed by atoms with Crippen LogP contribution in [0.15, 0.2) is 36.9 Å². The minimum Gasteiger partial charge on any atom is -0.325 e. The minimum absolute atomic E-state index is 0.153. The van der Waals surface area contributed by atoms with Crippen molar-refractivity contribution in [3.8, 4) is 0 Å². The Bertz CT molecular complexity index is 936. The van der Waals surface area contributed by atoms with Crippen LogP contribution in [0.3, 0.4) is 0 Å². The van der Waals surface area contributed by atoms with Crippen LogP contribution in [0.2, 0.25) is 0 Å². The maximum absolute atomic E-state index is 12.7. The van der Waals surface area contributed by atoms with Gasteiger partial charge in [-0.2, -0.15) is 0 Å². The van der Waals surface area contributed by atoms with Gasteiger partial charge in [0.1, 0.15) is 12.1 Å². The van der Waals surface area contributed by atoms with E-state index in [2.05, 4.69) is 21.9 Å². The summed E-state index contributed by atoms with van der Waals surface area (Å²) in [5.41, 5.74) is 0.139. The van der Waals surface area contributed by atoms with Gasteiger partial charge in [-0.25, -0.2) is 17.9 Å². The van der Waals surface area contributed by atoms with E-state index in [0.717, 1.165) is 24.2 Å². The number of hydrogen-bond donors (Lipinski definition) is 3. The lowest BCUT2D eigenvalue weighted by atomic mass is 9.82. The third-order valence-corrected chi connectivity index (χ3v) is 6.62. The second-order valence-electron chi connectivity index (χ2n) is 7.61. The van der Waals surface area contributed by atoms with E-state index in [9.17, 15) is 22.8 Å². The van der Waals surface area contributed by atoms with E-state index in [0.29, 0.717) is 24.1 Å². The molecular weight excluding hydrogens is 408 g/mol. The lowest BCUT2D eigenvalue weighted by Crippen LogP contribution is -2.48. The minimum atomic E-state index is -3.47. The highest BCUT2D eigenvalue weighted by molar-refractivity contribution is 7.88. The van der Waals surface area contributed by atoms with Crippen LogP contribution in [0, 0.1) is 0 Å². The van der Waals surface area contributed by atoms with E-state index in [1.807, 2.05) is 0 Å². The topological polar surface area (TPSA) is 125 Å². The number of hydrogen-bond acceptors (Lipinski definition) is 5. The molecule has 2 fully saturated rings. The molecule has 0 unspecified atom stereocenters. The standard InChI is InChI=1S/C20H26N4O5S/c1-2-12-21-30(28,29)14-15-6-8-16(9-7-15)22-17(25)13-24-18(26)20(23-19(24)27)10-4-3-5-11-20/h2,6-9,21H,1,3-5,10-14H2,(H,22,25)(H,23,27). The van der Waals surface area contributed by atoms with E-state index in [-0.39, 0.29) is 24.7 Å². The summed E-state index contributed by atoms with van der Waals surface area (Å²) >= 11 is 0. The molecule has 1 saturated heterocycles. The van der Waals surface area contributed by atoms with Gasteiger partial charge in [0, 0.05) is 12.2 Å². The second-order valence-corrected chi connectivity index (χ2v) is 9.41. The van der Waals surface area contributed by atoms with Gasteiger partial charge >= 0.3 is 6.03 Å². The zero-order chi connectivity index (χ0) is 21.8. The molecule has 1 heterocycles. The first-order valence-corrected chi connectivity index (χ1v) is 11.5. The van der Waals surface area contributed by atoms with Crippen molar-refractivity contribution in [3.63, 3.8) is 0 Å². The average molecular weight is 435 g/mol. The number of amides is 4. The van der Waals surface area contributed by atoms with Crippen molar-refractivity contribution in [1.29, 1.82) is 0 Å². The molecule has 0 aromatic heterocycles. The summed E-state index contributed by atoms with van der Waals surface area (Å²) in [4.78, 5) is 38.3. The fourth-order valence-electron chi connectivity index (χ4n) is 3.80. The third kappa shape index (κ3) is 5.06. The number of nitrogens with one attached hydrogen (secondary N) is 3. The van der Waals surface area contributed by atoms with Gasteiger partial charge < -0.3 is 10.6 Å². The number of carbonyl (C=O) groups excluding carboxylic acids is 3. The van der Waals surface area contributed by atoms with Crippen LogP contribution in [0.1, 0.15) is 37.7 Å². The summed E-state index contributed by atoms with van der Waals surface area (Å²) < 4.78 is 26.2. The van der Waals surface area contributed by atoms with Gasteiger partial charge in [-0.05, 0) is 30.5 Å². The van der Waals surface area contributed by atoms with E-state index < -0.39 is 27.5 Å². The Hall–Kier alpha value is -2.72. The molecule has 10 heteroatoms. The number of imide groups is 1. The first-order chi connectivity index (χ1) is 14.2. The zero-order valence-corrected chi connectivity index (χ0v) is 17.5. The first kappa shape index (κ1) is 22.0. The van der Waals surface area contributed by atoms with Crippen LogP contribution in [0.4, 0.5) is 10.5 Å². The lowest BCUT2D eigenvalue weighted by Gasteiger charge is -2.30. The predicted octanol–water partition coefficient (Wildman–Crippen LogP) is 1.49. The van der Waals surface area contributed by atoms with E-state index in [4.69, 9.17) is 0 Å². The molecule has 1 spiro atoms. The Morgan fingerprint density at radius 1 is 1.17 bits per heavy atom. The second kappa shape index (κ2) is 8.97. The number of urea groups is 1. The molecule has 0 radical (unpaired) electrons. The molecule has 3 N–H and O–H groups in total. The van der Waals surface area contributed by atoms with Crippen LogP contribution in [-0.4, -0.2) is 49.8 Å². The van der Waals surface area contributed by atoms with E-state index >= 15 is 0 Å². The van der Waals surface area contributed by atoms with Gasteiger partial charge in [0.15, 0.2) is 0 Å². The summed E-state index contributed by atoms with van der Waals surface area (Å²) in [5, 5.41) is 5.40. The van der Waals surface area contributed by atoms with Gasteiger partial charge in [0.25, 0.3) is 5.91 Å². The van der Waals surface area contributed by atoms with Crippen LogP contribution >= 0.6 is 0 Å². The Balaban J connectivity index is 1.57. The maximum atomic E-state index is 12.7. The van der Waals surface area contributed by atoms with Crippen molar-refractivity contribution >= 4 is 33.6 Å². The Morgan fingerprint density at radius 2 is 1.83 bits per heavy atom. The van der Waals surface area contributed by atoms with Gasteiger partial charge in [0.2, 0.25) is 15.9 Å². The number of rotatable bonds is 8. The molecule has 1 aromatic carbocycles. The molecule has 1 aromatic rings. The smallest absolute Gasteiger partial charge is 0.325 e. The molecule has 0 bridgehead atoms. The lowest BCUT2D eigenvalue weighted by molar-refractivity contribution is -0.134. The van der Waals surface area contributed by atoms with Crippen LogP contribution in [0.5, 0.6) is 0 Å². The number of anilines is 1. The fraction of sp³-hybridized carbons (Fsp3) is 0.450. The van der Waals surface area contributed by atoms with Crippen molar-refractivity contribution in [3.05, 3.63) is 42.5 Å². The van der Waals surface area contributed by atoms with Crippen molar-refractivity contribution < 1.29 is 22.8 Å². The molecule has 1 saturated carbocycles. The van der Waals surface area contributed by atoms with E-state index in [1.165, 1.54) is 6.08 Å². The summed E-state index contributed by atoms with van der Waals surface area (Å²) in [6.45, 7) is 3.25. The molecule has 1 aliphatic heterocycles. The first-order valence-electron chi connectivity index (χ1n) is 9.86. The highest BCUT2D eigenvalue weighted by atomic mass is 32.2. The average Bonchev–Trinajstić information content (AvgIpc) is 2.92. The van der Waals surface area contributed by atoms with Crippen LogP contribution < -0.4 is 15.4 Å². The highest BCUT2D eigenvalue weighted by Crippen LogP contribution is 2.33. The number of benzene rings is 1. The predicted molar refractivity (Wildman–Crippen MR) is 112 cm³/mol. The van der Waals surface area contributed by atoms with Crippen molar-refractivity contribution in [2.45, 2.75) is 43.4 Å². The number of carbonyl (C=O) groups is 3. The molecule has 3 rings (SSSR count). The van der Waals surface area contributed by atoms with Crippen molar-refractivity contribution in [2.75, 3.05) is 18.4 Å². The molecule has 4 amide bonds. The van der Waals surface area contributed by atoms with Crippen LogP contribution in [-0.2, 0) is 25.4 Å². The molecule has 9 nitrogen and oxygen atoms in total. The Kier molecular flexibility index (Phi) is 6.57. The van der Waals surface area contributed by atoms with Gasteiger partial charge in [-0.1, -0.05) is 37.5 Å². The largest absolute Gasteiger partial charge is 0.325 e. The quantitative estimate of drug-likeness (QED) is 0.422. The molecule has 1 aliphatic carbocycles. The fourth-order valence-corrected chi connectivity index (χ4v) is 4.90. The normalized spacial score (nSPS) is 18.3. The summed E-state index contributed by atoms with van der Waals surface area (Å²) in [6, 6.07) is 5.79. The maximum Gasteiger partial charge on any atom is 0.325 e. The van der Waals surface area contributed by atoms with E-state index in [1.54, 1.807) is 24.3 Å². The third-order valence-electron chi connectivity index (χ3n) is 5.30. The molecule has 2 aliphatic rings. The Labute approximate surface area is 175 Å². The van der Waals surface area contributed by atoms with Crippen molar-refractivity contribution in [1.82, 2.24) is 14.9 Å². The SMILES string of the molecule is C=CCNS(=O)(=O)Cc1ccc(NC(=O)CN2C(=O)NC3(CCCCC3)C2=O)cc1. The van der Waals surface area contributed by atoms with Crippen LogP contribution in [0.25, 0.3) is 0 Å². The number of sulfonamides is 1. The van der Waals surface area contributed by atoms with Gasteiger partial charge in [-0.3, -0.25) is 14.5 Å². The van der Waals surface area contributed by atoms with Crippen molar-refractivity contribution in [2.24, 2.45) is 0 Å². The highest BCUT2D eigenvalue weighted by Gasteiger charge is 2.51. The Morgan fingerprint density at radius 3 is 2.47 bits per heavy atom. The molecule has 0 atom stereocenters. The summed E-state index contributed by atoms with van der Waals surface area (Å²) in [7, 11) is -3.47. The monoisotopic (exact) mass is 434 g/mol. The summed E-state index contributed by atoms with van der Waals surface area (Å²) in [5.74, 6) is -1.03. The van der Waals surface area contributed by atoms with Gasteiger partial charge in [0.05, 0.1) is 5.75 Å². The number of nitrogens with zero attached hydrogens (tertiary/aromatic N) is 1. The zero-order valence-electron chi connectivity index (χ0n) is 16.6. The van der Waals surface area contributed by atoms with Gasteiger partial charge in [-0.15, -0.1) is 6.58 Å².